The maximum absolute atomic E-state index is 12.5. The minimum absolute atomic E-state index is 0.0248. The molecule has 0 unspecified atom stereocenters. The highest BCUT2D eigenvalue weighted by Gasteiger charge is 2.24. The third-order valence-corrected chi connectivity index (χ3v) is 4.30. The number of nitrogens with zero attached hydrogens (tertiary/aromatic N) is 3. The average molecular weight is 318 g/mol. The topological polar surface area (TPSA) is 46.1 Å². The number of hydrogen-bond acceptors (Lipinski definition) is 3. The van der Waals surface area contributed by atoms with Crippen LogP contribution in [0.15, 0.2) is 36.7 Å². The van der Waals surface area contributed by atoms with Crippen molar-refractivity contribution in [2.75, 3.05) is 7.05 Å². The van der Waals surface area contributed by atoms with Crippen LogP contribution < -0.4 is 0 Å². The van der Waals surface area contributed by atoms with E-state index in [1.165, 1.54) is 6.20 Å². The molecule has 0 aliphatic heterocycles. The quantitative estimate of drug-likeness (QED) is 0.863. The van der Waals surface area contributed by atoms with Crippen LogP contribution in [0, 0.1) is 6.92 Å². The van der Waals surface area contributed by atoms with Gasteiger partial charge in [0.15, 0.2) is 0 Å². The fraction of sp³-hybridized carbons (Fsp3) is 0.353. The molecule has 1 amide bonds. The lowest BCUT2D eigenvalue weighted by Gasteiger charge is -2.30. The van der Waals surface area contributed by atoms with Gasteiger partial charge in [0.2, 0.25) is 0 Å². The number of aromatic nitrogens is 2. The van der Waals surface area contributed by atoms with E-state index in [1.807, 2.05) is 38.1 Å². The number of carbonyl (C=O) groups is 1. The van der Waals surface area contributed by atoms with Gasteiger partial charge in [0.25, 0.3) is 5.91 Å². The van der Waals surface area contributed by atoms with Crippen molar-refractivity contribution >= 4 is 17.5 Å². The first-order chi connectivity index (χ1) is 10.4. The summed E-state index contributed by atoms with van der Waals surface area (Å²) in [4.78, 5) is 22.5. The fourth-order valence-corrected chi connectivity index (χ4v) is 2.37. The Hall–Kier alpha value is -1.94. The summed E-state index contributed by atoms with van der Waals surface area (Å²) in [6, 6.07) is 7.75. The zero-order chi connectivity index (χ0) is 16.3. The highest BCUT2D eigenvalue weighted by atomic mass is 35.5. The molecule has 0 fully saturated rings. The van der Waals surface area contributed by atoms with Gasteiger partial charge < -0.3 is 4.90 Å². The van der Waals surface area contributed by atoms with Crippen LogP contribution in [-0.4, -0.2) is 33.9 Å². The van der Waals surface area contributed by atoms with Crippen LogP contribution in [0.4, 0.5) is 0 Å². The highest BCUT2D eigenvalue weighted by Crippen LogP contribution is 2.24. The second-order valence-electron chi connectivity index (χ2n) is 5.54. The molecule has 0 radical (unpaired) electrons. The minimum atomic E-state index is -0.124. The highest BCUT2D eigenvalue weighted by molar-refractivity contribution is 6.30. The molecule has 0 aliphatic rings. The summed E-state index contributed by atoms with van der Waals surface area (Å²) in [5, 5.41) is 0.711. The number of carbonyl (C=O) groups excluding carboxylic acids is 1. The standard InChI is InChI=1S/C17H20ClN3O/c1-11-9-20-16(10-19-11)17(22)21(4)13(3)12(2)14-5-7-15(18)8-6-14/h5-10,12-13H,1-4H3/t12-,13-/m1/s1. The van der Waals surface area contributed by atoms with E-state index in [0.29, 0.717) is 10.7 Å². The molecule has 0 spiro atoms. The van der Waals surface area contributed by atoms with E-state index < -0.39 is 0 Å². The lowest BCUT2D eigenvalue weighted by molar-refractivity contribution is 0.0720. The van der Waals surface area contributed by atoms with Crippen LogP contribution in [0.25, 0.3) is 0 Å². The van der Waals surface area contributed by atoms with E-state index in [4.69, 9.17) is 11.6 Å². The molecule has 22 heavy (non-hydrogen) atoms. The SMILES string of the molecule is Cc1cnc(C(=O)N(C)[C@H](C)[C@@H](C)c2ccc(Cl)cc2)cn1. The van der Waals surface area contributed by atoms with E-state index in [-0.39, 0.29) is 17.9 Å². The van der Waals surface area contributed by atoms with Gasteiger partial charge >= 0.3 is 0 Å². The van der Waals surface area contributed by atoms with Crippen LogP contribution in [0.1, 0.15) is 41.5 Å². The number of aryl methyl sites for hydroxylation is 1. The van der Waals surface area contributed by atoms with Crippen molar-refractivity contribution in [3.63, 3.8) is 0 Å². The van der Waals surface area contributed by atoms with Crippen molar-refractivity contribution in [1.29, 1.82) is 0 Å². The summed E-state index contributed by atoms with van der Waals surface area (Å²) in [5.41, 5.74) is 2.30. The van der Waals surface area contributed by atoms with Crippen molar-refractivity contribution in [3.8, 4) is 0 Å². The molecular formula is C17H20ClN3O. The van der Waals surface area contributed by atoms with Gasteiger partial charge in [0.05, 0.1) is 11.9 Å². The number of rotatable bonds is 4. The van der Waals surface area contributed by atoms with Crippen LogP contribution in [0.5, 0.6) is 0 Å². The molecule has 0 aliphatic carbocycles. The number of likely N-dealkylation sites (N-methyl/N-ethyl adjacent to an activating group) is 1. The molecule has 4 nitrogen and oxygen atoms in total. The van der Waals surface area contributed by atoms with Gasteiger partial charge in [-0.2, -0.15) is 0 Å². The van der Waals surface area contributed by atoms with E-state index in [1.54, 1.807) is 18.1 Å². The molecule has 2 rings (SSSR count). The summed E-state index contributed by atoms with van der Waals surface area (Å²) < 4.78 is 0. The fourth-order valence-electron chi connectivity index (χ4n) is 2.25. The minimum Gasteiger partial charge on any atom is -0.337 e. The maximum Gasteiger partial charge on any atom is 0.274 e. The van der Waals surface area contributed by atoms with Crippen molar-refractivity contribution in [3.05, 3.63) is 58.6 Å². The Balaban J connectivity index is 2.13. The smallest absolute Gasteiger partial charge is 0.274 e. The molecule has 116 valence electrons. The largest absolute Gasteiger partial charge is 0.337 e. The lowest BCUT2D eigenvalue weighted by atomic mass is 9.93. The molecule has 2 aromatic rings. The van der Waals surface area contributed by atoms with E-state index in [9.17, 15) is 4.79 Å². The number of benzene rings is 1. The first-order valence-corrected chi connectivity index (χ1v) is 7.59. The number of amides is 1. The normalized spacial score (nSPS) is 13.5. The zero-order valence-corrected chi connectivity index (χ0v) is 14.0. The summed E-state index contributed by atoms with van der Waals surface area (Å²) in [5.74, 6) is 0.0606. The van der Waals surface area contributed by atoms with Gasteiger partial charge in [0.1, 0.15) is 5.69 Å². The predicted octanol–water partition coefficient (Wildman–Crippen LogP) is 3.70. The summed E-state index contributed by atoms with van der Waals surface area (Å²) in [6.45, 7) is 5.97. The van der Waals surface area contributed by atoms with Crippen LogP contribution in [0.2, 0.25) is 5.02 Å². The van der Waals surface area contributed by atoms with E-state index in [0.717, 1.165) is 11.3 Å². The first kappa shape index (κ1) is 16.4. The van der Waals surface area contributed by atoms with Gasteiger partial charge in [-0.1, -0.05) is 30.7 Å². The summed E-state index contributed by atoms with van der Waals surface area (Å²) >= 11 is 5.92. The molecule has 1 aromatic carbocycles. The molecule has 0 saturated heterocycles. The van der Waals surface area contributed by atoms with Crippen molar-refractivity contribution < 1.29 is 4.79 Å². The van der Waals surface area contributed by atoms with Crippen molar-refractivity contribution in [2.45, 2.75) is 32.7 Å². The van der Waals surface area contributed by atoms with Gasteiger partial charge in [-0.25, -0.2) is 4.98 Å². The number of hydrogen-bond donors (Lipinski definition) is 0. The Kier molecular flexibility index (Phi) is 5.14. The third kappa shape index (κ3) is 3.63. The molecule has 1 heterocycles. The number of halogens is 1. The molecule has 0 bridgehead atoms. The Morgan fingerprint density at radius 2 is 1.77 bits per heavy atom. The Bertz CT molecular complexity index is 640. The van der Waals surface area contributed by atoms with Crippen molar-refractivity contribution in [1.82, 2.24) is 14.9 Å². The van der Waals surface area contributed by atoms with Crippen LogP contribution in [0.3, 0.4) is 0 Å². The summed E-state index contributed by atoms with van der Waals surface area (Å²) in [6.07, 6.45) is 3.13. The lowest BCUT2D eigenvalue weighted by Crippen LogP contribution is -2.38. The molecule has 1 aromatic heterocycles. The molecule has 0 N–H and O–H groups in total. The van der Waals surface area contributed by atoms with Gasteiger partial charge in [0, 0.05) is 30.2 Å². The Morgan fingerprint density at radius 1 is 1.14 bits per heavy atom. The molecule has 5 heteroatoms. The monoisotopic (exact) mass is 317 g/mol. The van der Waals surface area contributed by atoms with Gasteiger partial charge in [-0.05, 0) is 31.5 Å². The molecule has 2 atom stereocenters. The van der Waals surface area contributed by atoms with E-state index in [2.05, 4.69) is 16.9 Å². The third-order valence-electron chi connectivity index (χ3n) is 4.05. The average Bonchev–Trinajstić information content (AvgIpc) is 2.53. The zero-order valence-electron chi connectivity index (χ0n) is 13.2. The predicted molar refractivity (Wildman–Crippen MR) is 88.2 cm³/mol. The second-order valence-corrected chi connectivity index (χ2v) is 5.98. The summed E-state index contributed by atoms with van der Waals surface area (Å²) in [7, 11) is 1.79. The molecule has 0 saturated carbocycles. The van der Waals surface area contributed by atoms with Gasteiger partial charge in [-0.15, -0.1) is 0 Å². The van der Waals surface area contributed by atoms with Crippen LogP contribution in [-0.2, 0) is 0 Å². The van der Waals surface area contributed by atoms with E-state index >= 15 is 0 Å². The van der Waals surface area contributed by atoms with Crippen LogP contribution >= 0.6 is 11.6 Å². The Morgan fingerprint density at radius 3 is 2.32 bits per heavy atom. The molecular weight excluding hydrogens is 298 g/mol. The second kappa shape index (κ2) is 6.88. The Labute approximate surface area is 136 Å². The van der Waals surface area contributed by atoms with Crippen molar-refractivity contribution in [2.24, 2.45) is 0 Å². The van der Waals surface area contributed by atoms with Gasteiger partial charge in [-0.3, -0.25) is 9.78 Å². The maximum atomic E-state index is 12.5. The first-order valence-electron chi connectivity index (χ1n) is 7.21.